The Balaban J connectivity index is 1.78. The molecule has 1 fully saturated rings. The quantitative estimate of drug-likeness (QED) is 0.0336. The van der Waals surface area contributed by atoms with E-state index in [1.807, 2.05) is 43.3 Å². The number of ether oxygens (including phenoxy) is 1. The average Bonchev–Trinajstić information content (AvgIpc) is 3.80. The number of benzene rings is 2. The van der Waals surface area contributed by atoms with Gasteiger partial charge in [-0.1, -0.05) is 99.7 Å². The number of aromatic nitrogens is 1. The number of H-pyrrole nitrogens is 1. The number of likely N-dealkylation sites (N-methyl/N-ethyl adjacent to an activating group) is 1. The molecular weight excluding hydrogens is 995 g/mol. The van der Waals surface area contributed by atoms with E-state index in [9.17, 15) is 53.4 Å². The predicted molar refractivity (Wildman–Crippen MR) is 287 cm³/mol. The van der Waals surface area contributed by atoms with Crippen LogP contribution < -0.4 is 43.4 Å². The SMILES string of the molecule is C=C1C(=O)N[C@H](C)C(=O)NC(Cc2c[nH]c3ccccc23)C(=O)N[C@@H](C(=O)O)[C@H](C)C(=O)N[C@@H](CCCN=C(N)N)C(=O)N[C@@H](/C=C/C(C)=C/[C@H](C)[C@H](Cc2ccccc2)OC)[C@H](C)C(=O)N[C@@H](C(=O)O)CCC(=O)N1C. The largest absolute Gasteiger partial charge is 0.480 e. The Morgan fingerprint density at radius 3 is 2.12 bits per heavy atom. The van der Waals surface area contributed by atoms with Crippen molar-refractivity contribution in [1.82, 2.24) is 41.8 Å². The first-order chi connectivity index (χ1) is 36.4. The van der Waals surface area contributed by atoms with Crippen LogP contribution in [0.25, 0.3) is 10.9 Å². The predicted octanol–water partition coefficient (Wildman–Crippen LogP) is 1.30. The Hall–Kier alpha value is -8.34. The Bertz CT molecular complexity index is 2720. The summed E-state index contributed by atoms with van der Waals surface area (Å²) in [5, 5.41) is 36.6. The molecule has 0 aliphatic carbocycles. The molecule has 0 bridgehead atoms. The number of carbonyl (C=O) groups excluding carboxylic acids is 7. The lowest BCUT2D eigenvalue weighted by Crippen LogP contribution is -2.59. The van der Waals surface area contributed by atoms with Crippen molar-refractivity contribution < 1.29 is 58.1 Å². The maximum absolute atomic E-state index is 14.5. The fourth-order valence-corrected chi connectivity index (χ4v) is 8.48. The highest BCUT2D eigenvalue weighted by Crippen LogP contribution is 2.21. The summed E-state index contributed by atoms with van der Waals surface area (Å²) in [5.41, 5.74) is 13.7. The Morgan fingerprint density at radius 2 is 1.47 bits per heavy atom. The van der Waals surface area contributed by atoms with Crippen LogP contribution in [0, 0.1) is 17.8 Å². The lowest BCUT2D eigenvalue weighted by molar-refractivity contribution is -0.146. The number of methoxy groups -OCH3 is 1. The van der Waals surface area contributed by atoms with E-state index in [0.717, 1.165) is 10.5 Å². The summed E-state index contributed by atoms with van der Waals surface area (Å²) in [6.45, 7) is 11.4. The van der Waals surface area contributed by atoms with Gasteiger partial charge >= 0.3 is 11.9 Å². The lowest BCUT2D eigenvalue weighted by atomic mass is 9.94. The van der Waals surface area contributed by atoms with E-state index in [2.05, 4.69) is 48.5 Å². The van der Waals surface area contributed by atoms with Crippen molar-refractivity contribution in [1.29, 1.82) is 0 Å². The van der Waals surface area contributed by atoms with Gasteiger partial charge in [0.25, 0.3) is 5.91 Å². The molecule has 7 amide bonds. The van der Waals surface area contributed by atoms with E-state index in [1.165, 1.54) is 33.9 Å². The molecule has 1 aromatic heterocycles. The standard InChI is InChI=1S/C54H73N11O12/c1-29(25-30(2)43(77-8)26-35-15-10-9-11-16-35)20-21-38-31(3)46(67)62-41(52(73)74)22-23-44(66)65(7)34(6)49(70)59-33(5)48(69)63-42(27-36-28-58-39-18-13-12-17-37(36)39)51(72)64-45(53(75)76)32(4)47(68)61-40(50(71)60-38)19-14-24-57-54(55)56/h9-13,15-18,20-21,25,28,30-33,38,40-43,45,58H,6,14,19,22-24,26-27H2,1-5,7-8H3,(H,59,70)(H,60,71)(H,61,68)(H,62,67)(H,63,69)(H,64,72)(H,73,74)(H,75,76)(H4,55,56,57)/b21-20+,29-25+/t30-,31-,32-,33+,38-,40-,41+,42?,43-,45+/m0/s1. The normalized spacial score (nSPS) is 24.2. The number of para-hydroxylation sites is 1. The minimum Gasteiger partial charge on any atom is -0.480 e. The number of rotatable bonds is 15. The van der Waals surface area contributed by atoms with E-state index >= 15 is 0 Å². The first-order valence-electron chi connectivity index (χ1n) is 25.2. The van der Waals surface area contributed by atoms with Gasteiger partial charge in [-0.25, -0.2) is 9.59 Å². The molecule has 0 spiro atoms. The molecule has 2 aromatic carbocycles. The summed E-state index contributed by atoms with van der Waals surface area (Å²) >= 11 is 0. The molecule has 1 saturated heterocycles. The van der Waals surface area contributed by atoms with Gasteiger partial charge < -0.3 is 68.2 Å². The van der Waals surface area contributed by atoms with Crippen LogP contribution in [0.3, 0.4) is 0 Å². The minimum absolute atomic E-state index is 0.0111. The number of hydrogen-bond donors (Lipinski definition) is 11. The maximum Gasteiger partial charge on any atom is 0.327 e. The van der Waals surface area contributed by atoms with Crippen molar-refractivity contribution >= 4 is 70.2 Å². The molecule has 0 saturated carbocycles. The minimum atomic E-state index is -1.94. The molecule has 77 heavy (non-hydrogen) atoms. The van der Waals surface area contributed by atoms with E-state index in [0.29, 0.717) is 28.5 Å². The molecule has 1 aliphatic heterocycles. The van der Waals surface area contributed by atoms with Crippen LogP contribution in [-0.2, 0) is 60.7 Å². The van der Waals surface area contributed by atoms with Gasteiger partial charge in [-0.05, 0) is 56.7 Å². The molecule has 13 N–H and O–H groups in total. The molecule has 1 unspecified atom stereocenters. The van der Waals surface area contributed by atoms with Crippen LogP contribution in [0.4, 0.5) is 0 Å². The van der Waals surface area contributed by atoms with Gasteiger partial charge in [-0.3, -0.25) is 38.6 Å². The van der Waals surface area contributed by atoms with Crippen molar-refractivity contribution in [3.05, 3.63) is 108 Å². The lowest BCUT2D eigenvalue weighted by Gasteiger charge is -2.28. The second kappa shape index (κ2) is 29.1. The first kappa shape index (κ1) is 61.2. The number of carboxylic acids is 2. The van der Waals surface area contributed by atoms with Crippen LogP contribution in [0.1, 0.15) is 71.4 Å². The molecule has 23 nitrogen and oxygen atoms in total. The summed E-state index contributed by atoms with van der Waals surface area (Å²) in [6, 6.07) is 7.76. The number of aliphatic carboxylic acids is 2. The van der Waals surface area contributed by atoms with Gasteiger partial charge in [0.15, 0.2) is 5.96 Å². The highest BCUT2D eigenvalue weighted by Gasteiger charge is 2.37. The Kier molecular flexibility index (Phi) is 23.1. The van der Waals surface area contributed by atoms with Crippen LogP contribution in [0.2, 0.25) is 0 Å². The molecule has 3 aromatic rings. The van der Waals surface area contributed by atoms with Gasteiger partial charge in [0.05, 0.1) is 24.0 Å². The number of nitrogens with zero attached hydrogens (tertiary/aromatic N) is 2. The monoisotopic (exact) mass is 1070 g/mol. The number of carboxylic acid groups (broad SMARTS) is 2. The van der Waals surface area contributed by atoms with Crippen LogP contribution in [0.15, 0.2) is 102 Å². The fraction of sp³-hybridized carbons (Fsp3) is 0.444. The van der Waals surface area contributed by atoms with Gasteiger partial charge in [0.2, 0.25) is 35.4 Å². The maximum atomic E-state index is 14.5. The van der Waals surface area contributed by atoms with E-state index in [-0.39, 0.29) is 43.8 Å². The third kappa shape index (κ3) is 18.2. The van der Waals surface area contributed by atoms with Gasteiger partial charge in [0.1, 0.15) is 35.9 Å². The van der Waals surface area contributed by atoms with Crippen molar-refractivity contribution in [2.45, 2.75) is 115 Å². The highest BCUT2D eigenvalue weighted by molar-refractivity contribution is 6.00. The first-order valence-corrected chi connectivity index (χ1v) is 25.2. The topological polar surface area (TPSA) is 359 Å². The number of aromatic amines is 1. The van der Waals surface area contributed by atoms with Crippen molar-refractivity contribution in [2.75, 3.05) is 20.7 Å². The molecular formula is C54H73N11O12. The number of aliphatic imine (C=N–C) groups is 1. The van der Waals surface area contributed by atoms with Gasteiger partial charge in [-0.2, -0.15) is 0 Å². The Labute approximate surface area is 447 Å². The zero-order valence-electron chi connectivity index (χ0n) is 44.5. The smallest absolute Gasteiger partial charge is 0.327 e. The number of hydrogen-bond acceptors (Lipinski definition) is 11. The average molecular weight is 1070 g/mol. The van der Waals surface area contributed by atoms with Crippen molar-refractivity contribution in [2.24, 2.45) is 34.2 Å². The molecule has 23 heteroatoms. The van der Waals surface area contributed by atoms with Crippen LogP contribution in [0.5, 0.6) is 0 Å². The third-order valence-corrected chi connectivity index (χ3v) is 13.4. The fourth-order valence-electron chi connectivity index (χ4n) is 8.48. The molecule has 10 atom stereocenters. The number of fused-ring (bicyclic) bond motifs is 1. The number of allylic oxidation sites excluding steroid dienone is 2. The van der Waals surface area contributed by atoms with Crippen molar-refractivity contribution in [3.8, 4) is 0 Å². The van der Waals surface area contributed by atoms with E-state index in [4.69, 9.17) is 16.2 Å². The van der Waals surface area contributed by atoms with Gasteiger partial charge in [-0.15, -0.1) is 0 Å². The molecule has 0 radical (unpaired) electrons. The number of nitrogens with one attached hydrogen (secondary N) is 7. The van der Waals surface area contributed by atoms with E-state index in [1.54, 1.807) is 50.6 Å². The highest BCUT2D eigenvalue weighted by atomic mass is 16.5. The molecule has 1 aliphatic rings. The second-order valence-electron chi connectivity index (χ2n) is 19.2. The number of guanidine groups is 1. The second-order valence-corrected chi connectivity index (χ2v) is 19.2. The summed E-state index contributed by atoms with van der Waals surface area (Å²) in [6.07, 6.45) is 5.97. The number of carbonyl (C=O) groups is 9. The van der Waals surface area contributed by atoms with Crippen LogP contribution in [-0.4, -0.2) is 142 Å². The number of amides is 7. The van der Waals surface area contributed by atoms with E-state index < -0.39 is 120 Å². The molecule has 4 rings (SSSR count). The zero-order valence-corrected chi connectivity index (χ0v) is 44.5. The van der Waals surface area contributed by atoms with Crippen LogP contribution >= 0.6 is 0 Å². The van der Waals surface area contributed by atoms with Gasteiger partial charge in [0, 0.05) is 56.6 Å². The molecule has 2 heterocycles. The summed E-state index contributed by atoms with van der Waals surface area (Å²) in [7, 11) is 2.82. The van der Waals surface area contributed by atoms with Crippen molar-refractivity contribution in [3.63, 3.8) is 0 Å². The third-order valence-electron chi connectivity index (χ3n) is 13.4. The summed E-state index contributed by atoms with van der Waals surface area (Å²) < 4.78 is 5.83. The zero-order chi connectivity index (χ0) is 57.1. The number of nitrogens with two attached hydrogens (primary N) is 2. The summed E-state index contributed by atoms with van der Waals surface area (Å²) in [5.74, 6) is -12.6. The molecule has 416 valence electrons. The summed E-state index contributed by atoms with van der Waals surface area (Å²) in [4.78, 5) is 131. The Morgan fingerprint density at radius 1 is 0.831 bits per heavy atom.